The SMILES string of the molecule is C=CC(=O)OCCCCCCOc1ccc(/C=C/C(=O)OCCCOc2ccc(/C=C/C(O)OC)cc2OC)cc1OC. The van der Waals surface area contributed by atoms with Gasteiger partial charge in [0.25, 0.3) is 0 Å². The van der Waals surface area contributed by atoms with E-state index >= 15 is 0 Å². The third-order valence-electron chi connectivity index (χ3n) is 5.98. The van der Waals surface area contributed by atoms with Crippen molar-refractivity contribution < 1.29 is 47.9 Å². The van der Waals surface area contributed by atoms with Crippen molar-refractivity contribution in [2.45, 2.75) is 38.4 Å². The molecule has 1 atom stereocenters. The lowest BCUT2D eigenvalue weighted by atomic mass is 10.2. The van der Waals surface area contributed by atoms with Gasteiger partial charge in [0.15, 0.2) is 29.3 Å². The number of unbranched alkanes of at least 4 members (excludes halogenated alkanes) is 3. The smallest absolute Gasteiger partial charge is 0.330 e. The summed E-state index contributed by atoms with van der Waals surface area (Å²) in [5, 5.41) is 9.48. The second kappa shape index (κ2) is 20.6. The monoisotopic (exact) mass is 598 g/mol. The van der Waals surface area contributed by atoms with Crippen LogP contribution in [0.4, 0.5) is 0 Å². The third kappa shape index (κ3) is 14.0. The van der Waals surface area contributed by atoms with Crippen molar-refractivity contribution in [3.05, 3.63) is 72.3 Å². The van der Waals surface area contributed by atoms with Crippen LogP contribution in [0, 0.1) is 0 Å². The van der Waals surface area contributed by atoms with Crippen LogP contribution in [-0.4, -0.2) is 71.1 Å². The summed E-state index contributed by atoms with van der Waals surface area (Å²) < 4.78 is 37.4. The summed E-state index contributed by atoms with van der Waals surface area (Å²) in [6.45, 7) is 4.81. The van der Waals surface area contributed by atoms with Crippen LogP contribution in [0.25, 0.3) is 12.2 Å². The number of methoxy groups -OCH3 is 3. The van der Waals surface area contributed by atoms with Gasteiger partial charge in [-0.3, -0.25) is 0 Å². The molecule has 10 nitrogen and oxygen atoms in total. The molecule has 2 rings (SSSR count). The van der Waals surface area contributed by atoms with E-state index in [0.29, 0.717) is 49.2 Å². The Morgan fingerprint density at radius 1 is 0.721 bits per heavy atom. The van der Waals surface area contributed by atoms with E-state index in [1.807, 2.05) is 12.1 Å². The molecule has 0 aliphatic rings. The van der Waals surface area contributed by atoms with Gasteiger partial charge in [-0.05, 0) is 73.2 Å². The molecule has 10 heteroatoms. The number of hydrogen-bond acceptors (Lipinski definition) is 10. The Bertz CT molecular complexity index is 1200. The highest BCUT2D eigenvalue weighted by Gasteiger charge is 2.07. The lowest BCUT2D eigenvalue weighted by molar-refractivity contribution is -0.138. The lowest BCUT2D eigenvalue weighted by Crippen LogP contribution is -2.07. The van der Waals surface area contributed by atoms with Gasteiger partial charge in [0.05, 0.1) is 40.6 Å². The maximum absolute atomic E-state index is 12.2. The van der Waals surface area contributed by atoms with Crippen LogP contribution in [0.5, 0.6) is 23.0 Å². The molecular formula is C33H42O10. The zero-order valence-electron chi connectivity index (χ0n) is 25.1. The van der Waals surface area contributed by atoms with Crippen LogP contribution in [-0.2, 0) is 23.8 Å². The van der Waals surface area contributed by atoms with Crippen LogP contribution in [0.2, 0.25) is 0 Å². The van der Waals surface area contributed by atoms with Crippen LogP contribution >= 0.6 is 0 Å². The van der Waals surface area contributed by atoms with Crippen LogP contribution in [0.3, 0.4) is 0 Å². The Labute approximate surface area is 253 Å². The predicted octanol–water partition coefficient (Wildman–Crippen LogP) is 5.38. The van der Waals surface area contributed by atoms with E-state index in [9.17, 15) is 14.7 Å². The Kier molecular flexibility index (Phi) is 16.7. The van der Waals surface area contributed by atoms with Crippen LogP contribution in [0.15, 0.2) is 61.2 Å². The molecule has 0 bridgehead atoms. The van der Waals surface area contributed by atoms with E-state index in [1.165, 1.54) is 19.3 Å². The first-order valence-corrected chi connectivity index (χ1v) is 14.0. The second-order valence-corrected chi connectivity index (χ2v) is 9.14. The van der Waals surface area contributed by atoms with E-state index in [1.54, 1.807) is 50.6 Å². The number of carbonyl (C=O) groups excluding carboxylic acids is 2. The zero-order chi connectivity index (χ0) is 31.3. The Hall–Kier alpha value is -4.28. The predicted molar refractivity (Wildman–Crippen MR) is 163 cm³/mol. The largest absolute Gasteiger partial charge is 0.493 e. The quantitative estimate of drug-likeness (QED) is 0.0869. The summed E-state index contributed by atoms with van der Waals surface area (Å²) in [4.78, 5) is 23.2. The number of benzene rings is 2. The Morgan fingerprint density at radius 2 is 1.26 bits per heavy atom. The van der Waals surface area contributed by atoms with Crippen molar-refractivity contribution in [2.75, 3.05) is 47.8 Å². The molecule has 1 N–H and O–H groups in total. The molecule has 0 radical (unpaired) electrons. The fourth-order valence-electron chi connectivity index (χ4n) is 3.68. The molecule has 1 unspecified atom stereocenters. The van der Waals surface area contributed by atoms with Crippen molar-refractivity contribution in [1.82, 2.24) is 0 Å². The van der Waals surface area contributed by atoms with E-state index in [4.69, 9.17) is 33.2 Å². The van der Waals surface area contributed by atoms with Crippen molar-refractivity contribution in [1.29, 1.82) is 0 Å². The topological polar surface area (TPSA) is 119 Å². The molecule has 0 heterocycles. The summed E-state index contributed by atoms with van der Waals surface area (Å²) in [6.07, 6.45) is 10.4. The first kappa shape index (κ1) is 34.9. The molecule has 0 saturated carbocycles. The molecule has 2 aromatic rings. The lowest BCUT2D eigenvalue weighted by Gasteiger charge is -2.12. The molecule has 43 heavy (non-hydrogen) atoms. The van der Waals surface area contributed by atoms with Gasteiger partial charge in [0.2, 0.25) is 0 Å². The number of ether oxygens (including phenoxy) is 7. The summed E-state index contributed by atoms with van der Waals surface area (Å²) in [6, 6.07) is 10.8. The van der Waals surface area contributed by atoms with E-state index in [2.05, 4.69) is 6.58 Å². The van der Waals surface area contributed by atoms with Gasteiger partial charge in [-0.1, -0.05) is 24.8 Å². The number of aliphatic hydroxyl groups is 1. The Balaban J connectivity index is 1.70. The number of carbonyl (C=O) groups is 2. The van der Waals surface area contributed by atoms with Crippen molar-refractivity contribution in [2.24, 2.45) is 0 Å². The van der Waals surface area contributed by atoms with Crippen molar-refractivity contribution in [3.8, 4) is 23.0 Å². The highest BCUT2D eigenvalue weighted by Crippen LogP contribution is 2.30. The fraction of sp³-hybridized carbons (Fsp3) is 0.394. The molecule has 0 saturated heterocycles. The zero-order valence-corrected chi connectivity index (χ0v) is 25.1. The average Bonchev–Trinajstić information content (AvgIpc) is 3.03. The molecular weight excluding hydrogens is 556 g/mol. The van der Waals surface area contributed by atoms with Gasteiger partial charge >= 0.3 is 11.9 Å². The van der Waals surface area contributed by atoms with Gasteiger partial charge in [0.1, 0.15) is 0 Å². The minimum absolute atomic E-state index is 0.192. The first-order chi connectivity index (χ1) is 20.9. The molecule has 0 aliphatic heterocycles. The van der Waals surface area contributed by atoms with Gasteiger partial charge in [-0.25, -0.2) is 9.59 Å². The van der Waals surface area contributed by atoms with Crippen LogP contribution < -0.4 is 18.9 Å². The summed E-state index contributed by atoms with van der Waals surface area (Å²) in [5.74, 6) is 1.42. The highest BCUT2D eigenvalue weighted by atomic mass is 16.6. The molecule has 0 aromatic heterocycles. The Morgan fingerprint density at radius 3 is 1.84 bits per heavy atom. The summed E-state index contributed by atoms with van der Waals surface area (Å²) in [5.41, 5.74) is 1.58. The second-order valence-electron chi connectivity index (χ2n) is 9.14. The first-order valence-electron chi connectivity index (χ1n) is 14.0. The minimum atomic E-state index is -0.982. The highest BCUT2D eigenvalue weighted by molar-refractivity contribution is 5.87. The summed E-state index contributed by atoms with van der Waals surface area (Å²) >= 11 is 0. The maximum Gasteiger partial charge on any atom is 0.330 e. The normalized spacial score (nSPS) is 11.7. The van der Waals surface area contributed by atoms with Gasteiger partial charge in [0, 0.05) is 25.7 Å². The summed E-state index contributed by atoms with van der Waals surface area (Å²) in [7, 11) is 4.52. The number of esters is 2. The average molecular weight is 599 g/mol. The van der Waals surface area contributed by atoms with Gasteiger partial charge < -0.3 is 38.3 Å². The van der Waals surface area contributed by atoms with E-state index < -0.39 is 18.2 Å². The van der Waals surface area contributed by atoms with Gasteiger partial charge in [-0.15, -0.1) is 0 Å². The number of rotatable bonds is 21. The standard InChI is InChI=1S/C33H42O10/c1-5-31(34)42-20-9-7-6-8-19-40-27-15-12-26(24-29(27)37-2)14-18-33(36)43-22-10-21-41-28-16-11-25(23-30(28)38-3)13-17-32(35)39-4/h5,11-18,23-24,32,35H,1,6-10,19-22H2,2-4H3/b17-13+,18-14+. The van der Waals surface area contributed by atoms with E-state index in [-0.39, 0.29) is 6.61 Å². The molecule has 2 aromatic carbocycles. The van der Waals surface area contributed by atoms with E-state index in [0.717, 1.165) is 42.9 Å². The third-order valence-corrected chi connectivity index (χ3v) is 5.98. The van der Waals surface area contributed by atoms with Crippen molar-refractivity contribution >= 4 is 24.1 Å². The molecule has 234 valence electrons. The number of aliphatic hydroxyl groups excluding tert-OH is 1. The number of hydrogen-bond donors (Lipinski definition) is 1. The van der Waals surface area contributed by atoms with Crippen molar-refractivity contribution in [3.63, 3.8) is 0 Å². The van der Waals surface area contributed by atoms with Gasteiger partial charge in [-0.2, -0.15) is 0 Å². The maximum atomic E-state index is 12.2. The molecule has 0 fully saturated rings. The molecule has 0 amide bonds. The minimum Gasteiger partial charge on any atom is -0.493 e. The molecule has 0 aliphatic carbocycles. The fourth-order valence-corrected chi connectivity index (χ4v) is 3.68. The van der Waals surface area contributed by atoms with Crippen LogP contribution in [0.1, 0.15) is 43.2 Å². The molecule has 0 spiro atoms.